The smallest absolute Gasteiger partial charge is 0.224 e. The first-order chi connectivity index (χ1) is 14.7. The molecule has 1 aliphatic heterocycles. The number of aromatic nitrogens is 4. The fraction of sp³-hybridized carbons (Fsp3) is 0.208. The Bertz CT molecular complexity index is 1180. The van der Waals surface area contributed by atoms with E-state index in [4.69, 9.17) is 4.98 Å². The third kappa shape index (κ3) is 3.41. The lowest BCUT2D eigenvalue weighted by Crippen LogP contribution is -2.23. The maximum atomic E-state index is 4.88. The minimum atomic E-state index is 0.642. The van der Waals surface area contributed by atoms with Gasteiger partial charge >= 0.3 is 0 Å². The summed E-state index contributed by atoms with van der Waals surface area (Å²) < 4.78 is 0. The van der Waals surface area contributed by atoms with Crippen LogP contribution in [-0.4, -0.2) is 26.7 Å². The first-order valence-electron chi connectivity index (χ1n) is 10.2. The Kier molecular flexibility index (Phi) is 4.67. The molecule has 0 saturated carbocycles. The van der Waals surface area contributed by atoms with Crippen LogP contribution < -0.4 is 10.2 Å². The number of nitrogens with one attached hydrogen (secondary N) is 2. The van der Waals surface area contributed by atoms with Crippen LogP contribution in [0.3, 0.4) is 0 Å². The van der Waals surface area contributed by atoms with Gasteiger partial charge in [0.2, 0.25) is 5.95 Å². The lowest BCUT2D eigenvalue weighted by Gasteiger charge is -2.29. The van der Waals surface area contributed by atoms with Gasteiger partial charge in [-0.1, -0.05) is 42.0 Å². The second kappa shape index (κ2) is 7.63. The molecular formula is C24H24N6. The summed E-state index contributed by atoms with van der Waals surface area (Å²) in [5.41, 5.74) is 8.17. The summed E-state index contributed by atoms with van der Waals surface area (Å²) in [5.74, 6) is 1.53. The van der Waals surface area contributed by atoms with Gasteiger partial charge in [-0.25, -0.2) is 4.98 Å². The van der Waals surface area contributed by atoms with Gasteiger partial charge in [-0.3, -0.25) is 5.10 Å². The molecule has 0 fully saturated rings. The third-order valence-corrected chi connectivity index (χ3v) is 5.59. The van der Waals surface area contributed by atoms with Crippen molar-refractivity contribution >= 4 is 17.5 Å². The summed E-state index contributed by atoms with van der Waals surface area (Å²) in [4.78, 5) is 11.7. The van der Waals surface area contributed by atoms with Gasteiger partial charge in [0.1, 0.15) is 5.82 Å². The van der Waals surface area contributed by atoms with E-state index in [2.05, 4.69) is 69.6 Å². The predicted molar refractivity (Wildman–Crippen MR) is 120 cm³/mol. The van der Waals surface area contributed by atoms with Gasteiger partial charge in [0.05, 0.1) is 24.0 Å². The highest BCUT2D eigenvalue weighted by molar-refractivity contribution is 5.82. The molecule has 3 heterocycles. The van der Waals surface area contributed by atoms with Gasteiger partial charge < -0.3 is 10.2 Å². The summed E-state index contributed by atoms with van der Waals surface area (Å²) in [6.45, 7) is 5.79. The first kappa shape index (κ1) is 18.4. The molecule has 6 heteroatoms. The fourth-order valence-corrected chi connectivity index (χ4v) is 3.95. The van der Waals surface area contributed by atoms with E-state index in [1.54, 1.807) is 0 Å². The van der Waals surface area contributed by atoms with Crippen molar-refractivity contribution in [3.8, 4) is 11.3 Å². The van der Waals surface area contributed by atoms with E-state index in [1.165, 1.54) is 16.7 Å². The largest absolute Gasteiger partial charge is 0.354 e. The van der Waals surface area contributed by atoms with E-state index in [0.29, 0.717) is 5.95 Å². The Balaban J connectivity index is 1.42. The number of H-pyrrole nitrogens is 1. The standard InChI is InChI=1S/C24H24N6/c1-16-8-9-17(2)18(12-16)10-11-25-24-26-14-21-22-19(13-27-29-22)15-30(23(21)28-24)20-6-4-3-5-7-20/h3-9,12-14H,10-11,15H2,1-2H3,(H,27,29)(H,25,26,28). The van der Waals surface area contributed by atoms with Crippen molar-refractivity contribution in [1.29, 1.82) is 0 Å². The molecule has 0 atom stereocenters. The Morgan fingerprint density at radius 1 is 1.07 bits per heavy atom. The molecular weight excluding hydrogens is 372 g/mol. The number of hydrogen-bond donors (Lipinski definition) is 2. The molecule has 0 amide bonds. The van der Waals surface area contributed by atoms with Gasteiger partial charge in [-0.05, 0) is 43.5 Å². The SMILES string of the molecule is Cc1ccc(C)c(CCNc2ncc3c(n2)N(c2ccccc2)Cc2cn[nH]c2-3)c1. The van der Waals surface area contributed by atoms with Crippen LogP contribution in [0.5, 0.6) is 0 Å². The minimum Gasteiger partial charge on any atom is -0.354 e. The zero-order valence-corrected chi connectivity index (χ0v) is 17.2. The van der Waals surface area contributed by atoms with E-state index in [0.717, 1.165) is 47.8 Å². The highest BCUT2D eigenvalue weighted by Gasteiger charge is 2.26. The summed E-state index contributed by atoms with van der Waals surface area (Å²) in [5, 5.41) is 10.7. The molecule has 0 bridgehead atoms. The topological polar surface area (TPSA) is 69.7 Å². The highest BCUT2D eigenvalue weighted by atomic mass is 15.3. The molecule has 2 aromatic heterocycles. The summed E-state index contributed by atoms with van der Waals surface area (Å²) in [7, 11) is 0. The van der Waals surface area contributed by atoms with Gasteiger partial charge in [0.15, 0.2) is 0 Å². The molecule has 0 aliphatic carbocycles. The fourth-order valence-electron chi connectivity index (χ4n) is 3.95. The van der Waals surface area contributed by atoms with E-state index in [-0.39, 0.29) is 0 Å². The van der Waals surface area contributed by atoms with Crippen molar-refractivity contribution in [1.82, 2.24) is 20.2 Å². The van der Waals surface area contributed by atoms with Gasteiger partial charge in [0.25, 0.3) is 0 Å². The first-order valence-corrected chi connectivity index (χ1v) is 10.2. The molecule has 4 aromatic rings. The maximum absolute atomic E-state index is 4.88. The van der Waals surface area contributed by atoms with E-state index in [9.17, 15) is 0 Å². The highest BCUT2D eigenvalue weighted by Crippen LogP contribution is 2.40. The molecule has 5 rings (SSSR count). The van der Waals surface area contributed by atoms with Gasteiger partial charge in [-0.2, -0.15) is 10.1 Å². The number of aryl methyl sites for hydroxylation is 2. The summed E-state index contributed by atoms with van der Waals surface area (Å²) in [6.07, 6.45) is 4.69. The van der Waals surface area contributed by atoms with E-state index >= 15 is 0 Å². The van der Waals surface area contributed by atoms with Crippen molar-refractivity contribution in [2.24, 2.45) is 0 Å². The van der Waals surface area contributed by atoms with Crippen molar-refractivity contribution in [2.45, 2.75) is 26.8 Å². The third-order valence-electron chi connectivity index (χ3n) is 5.59. The molecule has 2 N–H and O–H groups in total. The molecule has 0 saturated heterocycles. The summed E-state index contributed by atoms with van der Waals surface area (Å²) in [6, 6.07) is 16.9. The van der Waals surface area contributed by atoms with Crippen molar-refractivity contribution < 1.29 is 0 Å². The van der Waals surface area contributed by atoms with Crippen LogP contribution >= 0.6 is 0 Å². The van der Waals surface area contributed by atoms with Gasteiger partial charge in [-0.15, -0.1) is 0 Å². The van der Waals surface area contributed by atoms with Crippen LogP contribution in [-0.2, 0) is 13.0 Å². The number of hydrogen-bond acceptors (Lipinski definition) is 5. The second-order valence-electron chi connectivity index (χ2n) is 7.73. The normalized spacial score (nSPS) is 12.4. The van der Waals surface area contributed by atoms with Crippen LogP contribution in [0.1, 0.15) is 22.3 Å². The Hall–Kier alpha value is -3.67. The van der Waals surface area contributed by atoms with E-state index in [1.807, 2.05) is 30.6 Å². The molecule has 0 unspecified atom stereocenters. The van der Waals surface area contributed by atoms with Gasteiger partial charge in [0, 0.05) is 24.0 Å². The lowest BCUT2D eigenvalue weighted by atomic mass is 10.0. The lowest BCUT2D eigenvalue weighted by molar-refractivity contribution is 0.911. The van der Waals surface area contributed by atoms with Crippen LogP contribution in [0.4, 0.5) is 17.5 Å². The maximum Gasteiger partial charge on any atom is 0.224 e. The number of nitrogens with zero attached hydrogens (tertiary/aromatic N) is 4. The number of rotatable bonds is 5. The van der Waals surface area contributed by atoms with Crippen molar-refractivity contribution in [3.05, 3.63) is 83.2 Å². The quantitative estimate of drug-likeness (QED) is 0.508. The Labute approximate surface area is 176 Å². The van der Waals surface area contributed by atoms with E-state index < -0.39 is 0 Å². The van der Waals surface area contributed by atoms with Crippen LogP contribution in [0.15, 0.2) is 60.9 Å². The average molecular weight is 396 g/mol. The number of anilines is 3. The zero-order valence-electron chi connectivity index (χ0n) is 17.2. The molecule has 30 heavy (non-hydrogen) atoms. The molecule has 150 valence electrons. The number of para-hydroxylation sites is 1. The molecule has 6 nitrogen and oxygen atoms in total. The van der Waals surface area contributed by atoms with Crippen molar-refractivity contribution in [2.75, 3.05) is 16.8 Å². The Morgan fingerprint density at radius 2 is 1.93 bits per heavy atom. The monoisotopic (exact) mass is 396 g/mol. The zero-order chi connectivity index (χ0) is 20.5. The molecule has 1 aliphatic rings. The Morgan fingerprint density at radius 3 is 2.80 bits per heavy atom. The molecule has 0 spiro atoms. The molecule has 2 aromatic carbocycles. The predicted octanol–water partition coefficient (Wildman–Crippen LogP) is 4.79. The molecule has 0 radical (unpaired) electrons. The minimum absolute atomic E-state index is 0.642. The summed E-state index contributed by atoms with van der Waals surface area (Å²) >= 11 is 0. The van der Waals surface area contributed by atoms with Crippen LogP contribution in [0, 0.1) is 13.8 Å². The number of fused-ring (bicyclic) bond motifs is 3. The van der Waals surface area contributed by atoms with Crippen molar-refractivity contribution in [3.63, 3.8) is 0 Å². The number of benzene rings is 2. The van der Waals surface area contributed by atoms with Crippen LogP contribution in [0.25, 0.3) is 11.3 Å². The van der Waals surface area contributed by atoms with Crippen LogP contribution in [0.2, 0.25) is 0 Å². The number of aromatic amines is 1. The average Bonchev–Trinajstić information content (AvgIpc) is 3.25. The second-order valence-corrected chi connectivity index (χ2v) is 7.73.